The van der Waals surface area contributed by atoms with Crippen molar-refractivity contribution in [2.45, 2.75) is 19.4 Å². The second kappa shape index (κ2) is 4.13. The van der Waals surface area contributed by atoms with Crippen LogP contribution in [0.2, 0.25) is 0 Å². The van der Waals surface area contributed by atoms with Gasteiger partial charge in [0, 0.05) is 36.1 Å². The van der Waals surface area contributed by atoms with Crippen LogP contribution in [-0.4, -0.2) is 27.9 Å². The maximum atomic E-state index is 11.2. The number of ether oxygens (including phenoxy) is 2. The molecule has 5 nitrogen and oxygen atoms in total. The summed E-state index contributed by atoms with van der Waals surface area (Å²) in [5, 5.41) is 0. The predicted molar refractivity (Wildman–Crippen MR) is 66.5 cm³/mol. The summed E-state index contributed by atoms with van der Waals surface area (Å²) in [7, 11) is -3.20. The van der Waals surface area contributed by atoms with Crippen molar-refractivity contribution < 1.29 is 17.9 Å². The average molecular weight is 269 g/mol. The lowest BCUT2D eigenvalue weighted by atomic mass is 10.00. The zero-order valence-corrected chi connectivity index (χ0v) is 11.0. The van der Waals surface area contributed by atoms with E-state index in [4.69, 9.17) is 9.47 Å². The van der Waals surface area contributed by atoms with Gasteiger partial charge in [0.25, 0.3) is 0 Å². The largest absolute Gasteiger partial charge is 0.493 e. The lowest BCUT2D eigenvalue weighted by Crippen LogP contribution is -2.22. The summed E-state index contributed by atoms with van der Waals surface area (Å²) in [4.78, 5) is 0. The zero-order chi connectivity index (χ0) is 12.8. The molecule has 0 aliphatic carbocycles. The minimum Gasteiger partial charge on any atom is -0.493 e. The van der Waals surface area contributed by atoms with Gasteiger partial charge in [0.2, 0.25) is 10.0 Å². The average Bonchev–Trinajstić information content (AvgIpc) is 2.89. The Bertz CT molecular complexity index is 562. The van der Waals surface area contributed by atoms with Crippen LogP contribution in [0, 0.1) is 0 Å². The molecule has 0 saturated heterocycles. The van der Waals surface area contributed by atoms with Crippen molar-refractivity contribution in [2.24, 2.45) is 0 Å². The molecule has 3 rings (SSSR count). The summed E-state index contributed by atoms with van der Waals surface area (Å²) in [5.74, 6) is 1.72. The first kappa shape index (κ1) is 11.8. The van der Waals surface area contributed by atoms with Gasteiger partial charge in [-0.2, -0.15) is 0 Å². The molecule has 0 aromatic heterocycles. The first-order chi connectivity index (χ1) is 8.54. The zero-order valence-electron chi connectivity index (χ0n) is 10.2. The lowest BCUT2D eigenvalue weighted by Gasteiger charge is -2.12. The van der Waals surface area contributed by atoms with E-state index >= 15 is 0 Å². The monoisotopic (exact) mass is 269 g/mol. The summed E-state index contributed by atoms with van der Waals surface area (Å²) in [6.07, 6.45) is 2.83. The van der Waals surface area contributed by atoms with E-state index in [1.807, 2.05) is 6.07 Å². The molecular formula is C12H15NO4S. The molecule has 1 aromatic carbocycles. The molecule has 2 heterocycles. The highest BCUT2D eigenvalue weighted by molar-refractivity contribution is 7.88. The van der Waals surface area contributed by atoms with Crippen LogP contribution in [0.25, 0.3) is 0 Å². The number of hydrogen-bond acceptors (Lipinski definition) is 4. The smallest absolute Gasteiger partial charge is 0.209 e. The summed E-state index contributed by atoms with van der Waals surface area (Å²) < 4.78 is 36.2. The fourth-order valence-corrected chi connectivity index (χ4v) is 2.88. The molecule has 18 heavy (non-hydrogen) atoms. The predicted octanol–water partition coefficient (Wildman–Crippen LogP) is 0.606. The van der Waals surface area contributed by atoms with Gasteiger partial charge in [0.15, 0.2) is 0 Å². The van der Waals surface area contributed by atoms with Crippen LogP contribution >= 0.6 is 0 Å². The Morgan fingerprint density at radius 3 is 2.83 bits per heavy atom. The van der Waals surface area contributed by atoms with Gasteiger partial charge in [-0.05, 0) is 6.07 Å². The first-order valence-electron chi connectivity index (χ1n) is 5.92. The first-order valence-corrected chi connectivity index (χ1v) is 7.81. The van der Waals surface area contributed by atoms with Crippen LogP contribution in [0.1, 0.15) is 16.7 Å². The molecule has 0 radical (unpaired) electrons. The van der Waals surface area contributed by atoms with Crippen LogP contribution in [0.4, 0.5) is 0 Å². The number of benzene rings is 1. The number of nitrogens with one attached hydrogen (secondary N) is 1. The highest BCUT2D eigenvalue weighted by atomic mass is 32.2. The minimum absolute atomic E-state index is 0.272. The Kier molecular flexibility index (Phi) is 2.71. The van der Waals surface area contributed by atoms with Gasteiger partial charge in [0.05, 0.1) is 19.5 Å². The van der Waals surface area contributed by atoms with E-state index in [2.05, 4.69) is 4.72 Å². The van der Waals surface area contributed by atoms with Crippen molar-refractivity contribution in [1.82, 2.24) is 4.72 Å². The van der Waals surface area contributed by atoms with E-state index < -0.39 is 10.0 Å². The van der Waals surface area contributed by atoms with Crippen LogP contribution < -0.4 is 14.2 Å². The maximum Gasteiger partial charge on any atom is 0.209 e. The van der Waals surface area contributed by atoms with Crippen molar-refractivity contribution in [3.63, 3.8) is 0 Å². The van der Waals surface area contributed by atoms with Crippen LogP contribution in [0.15, 0.2) is 6.07 Å². The Labute approximate surface area is 106 Å². The third-order valence-electron chi connectivity index (χ3n) is 3.27. The topological polar surface area (TPSA) is 64.6 Å². The minimum atomic E-state index is -3.20. The van der Waals surface area contributed by atoms with Crippen LogP contribution in [0.5, 0.6) is 11.5 Å². The van der Waals surface area contributed by atoms with E-state index in [1.54, 1.807) is 0 Å². The summed E-state index contributed by atoms with van der Waals surface area (Å²) >= 11 is 0. The van der Waals surface area contributed by atoms with Gasteiger partial charge in [-0.1, -0.05) is 0 Å². The van der Waals surface area contributed by atoms with E-state index in [-0.39, 0.29) is 6.54 Å². The number of hydrogen-bond donors (Lipinski definition) is 1. The van der Waals surface area contributed by atoms with Crippen molar-refractivity contribution >= 4 is 10.0 Å². The molecule has 0 amide bonds. The molecule has 98 valence electrons. The Morgan fingerprint density at radius 2 is 2.06 bits per heavy atom. The van der Waals surface area contributed by atoms with Gasteiger partial charge >= 0.3 is 0 Å². The quantitative estimate of drug-likeness (QED) is 0.873. The third kappa shape index (κ3) is 2.06. The number of sulfonamides is 1. The second-order valence-electron chi connectivity index (χ2n) is 4.61. The van der Waals surface area contributed by atoms with E-state index in [0.29, 0.717) is 13.2 Å². The van der Waals surface area contributed by atoms with Gasteiger partial charge in [-0.25, -0.2) is 13.1 Å². The van der Waals surface area contributed by atoms with Crippen molar-refractivity contribution in [3.05, 3.63) is 22.8 Å². The molecule has 1 N–H and O–H groups in total. The normalized spacial score (nSPS) is 16.9. The second-order valence-corrected chi connectivity index (χ2v) is 6.44. The Balaban J connectivity index is 2.02. The summed E-state index contributed by atoms with van der Waals surface area (Å²) in [5.41, 5.74) is 3.12. The summed E-state index contributed by atoms with van der Waals surface area (Å²) in [6.45, 7) is 1.59. The van der Waals surface area contributed by atoms with Crippen molar-refractivity contribution in [3.8, 4) is 11.5 Å². The number of rotatable bonds is 3. The van der Waals surface area contributed by atoms with Crippen LogP contribution in [0.3, 0.4) is 0 Å². The lowest BCUT2D eigenvalue weighted by molar-refractivity contribution is 0.352. The summed E-state index contributed by atoms with van der Waals surface area (Å²) in [6, 6.07) is 2.02. The molecule has 1 aromatic rings. The number of fused-ring (bicyclic) bond motifs is 2. The molecule has 0 atom stereocenters. The highest BCUT2D eigenvalue weighted by Gasteiger charge is 2.26. The van der Waals surface area contributed by atoms with Gasteiger partial charge in [-0.3, -0.25) is 0 Å². The van der Waals surface area contributed by atoms with Gasteiger partial charge < -0.3 is 9.47 Å². The molecule has 2 aliphatic heterocycles. The highest BCUT2D eigenvalue weighted by Crippen LogP contribution is 2.40. The third-order valence-corrected chi connectivity index (χ3v) is 3.94. The molecule has 0 bridgehead atoms. The van der Waals surface area contributed by atoms with Crippen LogP contribution in [-0.2, 0) is 29.4 Å². The fraction of sp³-hybridized carbons (Fsp3) is 0.500. The molecule has 0 spiro atoms. The molecular weight excluding hydrogens is 254 g/mol. The van der Waals surface area contributed by atoms with E-state index in [9.17, 15) is 8.42 Å². The maximum absolute atomic E-state index is 11.2. The molecule has 2 aliphatic rings. The molecule has 0 saturated carbocycles. The Hall–Kier alpha value is -1.27. The molecule has 0 unspecified atom stereocenters. The van der Waals surface area contributed by atoms with Gasteiger partial charge in [0.1, 0.15) is 11.5 Å². The fourth-order valence-electron chi connectivity index (χ4n) is 2.48. The molecule has 0 fully saturated rings. The van der Waals surface area contributed by atoms with Gasteiger partial charge in [-0.15, -0.1) is 0 Å². The van der Waals surface area contributed by atoms with E-state index in [1.165, 1.54) is 0 Å². The standard InChI is InChI=1S/C12H15NO4S/c1-18(14,15)13-7-10-9-3-5-16-11(9)6-8-2-4-17-12(8)10/h6,13H,2-5,7H2,1H3. The van der Waals surface area contributed by atoms with E-state index in [0.717, 1.165) is 47.3 Å². The molecule has 6 heteroatoms. The van der Waals surface area contributed by atoms with Crippen molar-refractivity contribution in [1.29, 1.82) is 0 Å². The van der Waals surface area contributed by atoms with Crippen molar-refractivity contribution in [2.75, 3.05) is 19.5 Å². The SMILES string of the molecule is CS(=O)(=O)NCc1c2c(cc3c1OCC3)OCC2. The Morgan fingerprint density at radius 1 is 1.28 bits per heavy atom.